The highest BCUT2D eigenvalue weighted by molar-refractivity contribution is 8.18. The van der Waals surface area contributed by atoms with Crippen LogP contribution in [0.4, 0.5) is 19.3 Å². The molecule has 31 heavy (non-hydrogen) atoms. The summed E-state index contributed by atoms with van der Waals surface area (Å²) in [4.78, 5) is 38.0. The molecule has 1 aromatic rings. The lowest BCUT2D eigenvalue weighted by atomic mass is 9.92. The Kier molecular flexibility index (Phi) is 7.09. The molecular formula is C18H19F2N3O6S2. The van der Waals surface area contributed by atoms with Crippen molar-refractivity contribution in [1.82, 2.24) is 4.90 Å². The van der Waals surface area contributed by atoms with Crippen LogP contribution in [0, 0.1) is 0 Å². The van der Waals surface area contributed by atoms with Gasteiger partial charge >= 0.3 is 6.61 Å². The van der Waals surface area contributed by atoms with Crippen LogP contribution >= 0.6 is 11.8 Å². The summed E-state index contributed by atoms with van der Waals surface area (Å²) in [7, 11) is -3.87. The number of ether oxygens (including phenoxy) is 1. The number of primary sulfonamides is 1. The van der Waals surface area contributed by atoms with E-state index < -0.39 is 46.3 Å². The summed E-state index contributed by atoms with van der Waals surface area (Å²) in [5.74, 6) is -1.25. The molecule has 2 aliphatic rings. The zero-order valence-electron chi connectivity index (χ0n) is 16.0. The Morgan fingerprint density at radius 1 is 1.23 bits per heavy atom. The van der Waals surface area contributed by atoms with Crippen molar-refractivity contribution in [1.29, 1.82) is 0 Å². The summed E-state index contributed by atoms with van der Waals surface area (Å²) in [6.07, 6.45) is 0.759. The molecule has 168 valence electrons. The van der Waals surface area contributed by atoms with Crippen molar-refractivity contribution in [2.75, 3.05) is 11.9 Å². The minimum atomic E-state index is -3.87. The van der Waals surface area contributed by atoms with Gasteiger partial charge in [-0.05, 0) is 61.7 Å². The van der Waals surface area contributed by atoms with E-state index in [0.29, 0.717) is 31.3 Å². The smallest absolute Gasteiger partial charge is 0.325 e. The minimum Gasteiger partial charge on any atom is -0.325 e. The number of hydrogen-bond donors (Lipinski definition) is 2. The van der Waals surface area contributed by atoms with Crippen LogP contribution < -0.4 is 10.5 Å². The number of sulfonamides is 1. The van der Waals surface area contributed by atoms with E-state index in [4.69, 9.17) is 5.14 Å². The van der Waals surface area contributed by atoms with Crippen molar-refractivity contribution >= 4 is 44.5 Å². The van der Waals surface area contributed by atoms with Gasteiger partial charge in [-0.15, -0.1) is 0 Å². The lowest BCUT2D eigenvalue weighted by Gasteiger charge is -2.24. The van der Waals surface area contributed by atoms with Crippen LogP contribution in [0.2, 0.25) is 0 Å². The largest absolute Gasteiger partial charge is 0.345 e. The highest BCUT2D eigenvalue weighted by atomic mass is 32.2. The van der Waals surface area contributed by atoms with Crippen molar-refractivity contribution in [2.24, 2.45) is 5.14 Å². The van der Waals surface area contributed by atoms with Crippen LogP contribution in [0.1, 0.15) is 25.7 Å². The second kappa shape index (κ2) is 9.42. The third-order valence-electron chi connectivity index (χ3n) is 4.77. The Bertz CT molecular complexity index is 1020. The predicted octanol–water partition coefficient (Wildman–Crippen LogP) is 2.40. The number of halogens is 2. The molecule has 3 N–H and O–H groups in total. The SMILES string of the molecule is NS(=O)(=O)c1ccc(NC(=O)CN2C(=O)SC(=C3CCC(OC(F)F)CC3)C2=O)cc1. The number of amides is 3. The van der Waals surface area contributed by atoms with Gasteiger partial charge < -0.3 is 10.1 Å². The fraction of sp³-hybridized carbons (Fsp3) is 0.389. The van der Waals surface area contributed by atoms with Gasteiger partial charge in [0, 0.05) is 5.69 Å². The van der Waals surface area contributed by atoms with E-state index >= 15 is 0 Å². The third kappa shape index (κ3) is 5.87. The molecule has 0 spiro atoms. The number of imide groups is 1. The van der Waals surface area contributed by atoms with Crippen LogP contribution in [0.25, 0.3) is 0 Å². The van der Waals surface area contributed by atoms with E-state index in [9.17, 15) is 31.6 Å². The number of nitrogens with one attached hydrogen (secondary N) is 1. The first-order valence-electron chi connectivity index (χ1n) is 9.16. The molecule has 9 nitrogen and oxygen atoms in total. The maximum atomic E-state index is 12.6. The molecule has 1 saturated heterocycles. The number of nitrogens with two attached hydrogens (primary N) is 1. The van der Waals surface area contributed by atoms with Gasteiger partial charge in [-0.25, -0.2) is 13.6 Å². The standard InChI is InChI=1S/C18H19F2N3O6S2/c19-17(20)29-12-5-1-10(2-6-12)15-16(25)23(18(26)30-15)9-14(24)22-11-3-7-13(8-4-11)31(21,27)28/h3-4,7-8,12,17H,1-2,5-6,9H2,(H,22,24)(H2,21,27,28). The Labute approximate surface area is 181 Å². The van der Waals surface area contributed by atoms with Crippen molar-refractivity contribution in [3.8, 4) is 0 Å². The fourth-order valence-electron chi connectivity index (χ4n) is 3.27. The van der Waals surface area contributed by atoms with Crippen LogP contribution in [-0.4, -0.2) is 49.6 Å². The number of anilines is 1. The molecule has 2 fully saturated rings. The zero-order chi connectivity index (χ0) is 22.8. The van der Waals surface area contributed by atoms with Crippen molar-refractivity contribution in [3.05, 3.63) is 34.7 Å². The number of hydrogen-bond acceptors (Lipinski definition) is 7. The summed E-state index contributed by atoms with van der Waals surface area (Å²) in [6.45, 7) is -3.37. The number of carbonyl (C=O) groups excluding carboxylic acids is 3. The van der Waals surface area contributed by atoms with E-state index in [1.165, 1.54) is 24.3 Å². The monoisotopic (exact) mass is 475 g/mol. The van der Waals surface area contributed by atoms with Crippen molar-refractivity contribution in [3.63, 3.8) is 0 Å². The highest BCUT2D eigenvalue weighted by Crippen LogP contribution is 2.38. The Balaban J connectivity index is 1.60. The van der Waals surface area contributed by atoms with Gasteiger partial charge in [0.15, 0.2) is 0 Å². The van der Waals surface area contributed by atoms with Gasteiger partial charge in [0.1, 0.15) is 6.54 Å². The number of nitrogens with zero attached hydrogens (tertiary/aromatic N) is 1. The van der Waals surface area contributed by atoms with E-state index in [1.807, 2.05) is 0 Å². The average molecular weight is 475 g/mol. The number of benzene rings is 1. The number of alkyl halides is 2. The maximum absolute atomic E-state index is 12.6. The summed E-state index contributed by atoms with van der Waals surface area (Å²) < 4.78 is 51.6. The molecule has 0 radical (unpaired) electrons. The number of carbonyl (C=O) groups is 3. The number of allylic oxidation sites excluding steroid dienone is 1. The summed E-state index contributed by atoms with van der Waals surface area (Å²) in [5, 5.41) is 6.88. The fourth-order valence-corrected chi connectivity index (χ4v) is 4.77. The van der Waals surface area contributed by atoms with Gasteiger partial charge in [0.05, 0.1) is 15.9 Å². The maximum Gasteiger partial charge on any atom is 0.345 e. The zero-order valence-corrected chi connectivity index (χ0v) is 17.7. The molecule has 1 aromatic carbocycles. The summed E-state index contributed by atoms with van der Waals surface area (Å²) in [6, 6.07) is 5.08. The van der Waals surface area contributed by atoms with Gasteiger partial charge in [-0.3, -0.25) is 19.3 Å². The minimum absolute atomic E-state index is 0.128. The lowest BCUT2D eigenvalue weighted by Crippen LogP contribution is -2.36. The highest BCUT2D eigenvalue weighted by Gasteiger charge is 2.39. The van der Waals surface area contributed by atoms with Crippen LogP contribution in [-0.2, 0) is 24.3 Å². The molecule has 0 bridgehead atoms. The van der Waals surface area contributed by atoms with E-state index in [0.717, 1.165) is 16.7 Å². The second-order valence-corrected chi connectivity index (χ2v) is 9.43. The van der Waals surface area contributed by atoms with Gasteiger partial charge in [-0.2, -0.15) is 8.78 Å². The first-order valence-corrected chi connectivity index (χ1v) is 11.5. The number of thioether (sulfide) groups is 1. The van der Waals surface area contributed by atoms with Gasteiger partial charge in [0.25, 0.3) is 11.1 Å². The molecular weight excluding hydrogens is 456 g/mol. The first-order chi connectivity index (χ1) is 14.5. The first kappa shape index (κ1) is 23.3. The summed E-state index contributed by atoms with van der Waals surface area (Å²) in [5.41, 5.74) is 0.957. The van der Waals surface area contributed by atoms with Gasteiger partial charge in [-0.1, -0.05) is 5.57 Å². The Morgan fingerprint density at radius 3 is 2.39 bits per heavy atom. The number of rotatable bonds is 6. The normalized spacial score (nSPS) is 20.0. The molecule has 13 heteroatoms. The van der Waals surface area contributed by atoms with Crippen LogP contribution in [0.15, 0.2) is 39.6 Å². The van der Waals surface area contributed by atoms with Crippen molar-refractivity contribution < 1.29 is 36.3 Å². The second-order valence-electron chi connectivity index (χ2n) is 6.91. The molecule has 0 atom stereocenters. The third-order valence-corrected chi connectivity index (χ3v) is 6.76. The van der Waals surface area contributed by atoms with Crippen LogP contribution in [0.3, 0.4) is 0 Å². The molecule has 1 saturated carbocycles. The molecule has 1 heterocycles. The quantitative estimate of drug-likeness (QED) is 0.603. The van der Waals surface area contributed by atoms with Crippen LogP contribution in [0.5, 0.6) is 0 Å². The Morgan fingerprint density at radius 2 is 1.84 bits per heavy atom. The molecule has 3 amide bonds. The molecule has 0 aromatic heterocycles. The van der Waals surface area contributed by atoms with E-state index in [1.54, 1.807) is 0 Å². The average Bonchev–Trinajstić information content (AvgIpc) is 2.96. The Hall–Kier alpha value is -2.35. The van der Waals surface area contributed by atoms with E-state index in [2.05, 4.69) is 10.1 Å². The molecule has 1 aliphatic carbocycles. The predicted molar refractivity (Wildman–Crippen MR) is 108 cm³/mol. The summed E-state index contributed by atoms with van der Waals surface area (Å²) >= 11 is 0.724. The molecule has 3 rings (SSSR count). The lowest BCUT2D eigenvalue weighted by molar-refractivity contribution is -0.167. The van der Waals surface area contributed by atoms with Crippen molar-refractivity contribution in [2.45, 2.75) is 43.3 Å². The molecule has 1 aliphatic heterocycles. The topological polar surface area (TPSA) is 136 Å². The van der Waals surface area contributed by atoms with E-state index in [-0.39, 0.29) is 15.5 Å². The molecule has 0 unspecified atom stereocenters. The van der Waals surface area contributed by atoms with Gasteiger partial charge in [0.2, 0.25) is 15.9 Å².